The summed E-state index contributed by atoms with van der Waals surface area (Å²) in [4.78, 5) is 58.1. The molecule has 0 aromatic heterocycles. The van der Waals surface area contributed by atoms with Crippen molar-refractivity contribution in [3.8, 4) is 0 Å². The van der Waals surface area contributed by atoms with E-state index in [2.05, 4.69) is 124 Å². The van der Waals surface area contributed by atoms with E-state index in [1.807, 2.05) is 18.2 Å². The number of carbonyl (C=O) groups is 3. The Morgan fingerprint density at radius 3 is 1.10 bits per heavy atom. The van der Waals surface area contributed by atoms with Crippen LogP contribution < -0.4 is 0 Å². The quantitative estimate of drug-likeness (QED) is 0.0146. The molecule has 0 aliphatic carbocycles. The Hall–Kier alpha value is -4.05. The fourth-order valence-electron chi connectivity index (χ4n) is 7.48. The van der Waals surface area contributed by atoms with Crippen molar-refractivity contribution >= 4 is 33.6 Å². The van der Waals surface area contributed by atoms with Crippen molar-refractivity contribution < 1.29 is 75.8 Å². The maximum absolute atomic E-state index is 12.9. The Labute approximate surface area is 500 Å². The number of unbranched alkanes of at least 4 members (excludes halogenated alkanes) is 14. The number of aliphatic hydroxyl groups excluding tert-OH is 2. The van der Waals surface area contributed by atoms with Gasteiger partial charge >= 0.3 is 33.6 Å². The molecule has 83 heavy (non-hydrogen) atoms. The second-order valence-electron chi connectivity index (χ2n) is 20.1. The van der Waals surface area contributed by atoms with Gasteiger partial charge in [-0.2, -0.15) is 0 Å². The van der Waals surface area contributed by atoms with E-state index in [1.54, 1.807) is 0 Å². The topological polar surface area (TPSA) is 231 Å². The summed E-state index contributed by atoms with van der Waals surface area (Å²) in [6, 6.07) is 0. The molecule has 5 unspecified atom stereocenters. The number of hydrogen-bond acceptors (Lipinski definition) is 14. The molecule has 0 amide bonds. The van der Waals surface area contributed by atoms with E-state index >= 15 is 0 Å². The van der Waals surface area contributed by atoms with Gasteiger partial charge in [-0.15, -0.1) is 0 Å². The first-order valence-corrected chi connectivity index (χ1v) is 33.8. The number of allylic oxidation sites excluding steroid dienone is 20. The van der Waals surface area contributed by atoms with Crippen molar-refractivity contribution in [2.24, 2.45) is 0 Å². The summed E-state index contributed by atoms with van der Waals surface area (Å²) in [5.41, 5.74) is 0. The number of esters is 3. The summed E-state index contributed by atoms with van der Waals surface area (Å²) < 4.78 is 60.6. The number of hydrogen-bond donors (Lipinski definition) is 4. The van der Waals surface area contributed by atoms with Crippen LogP contribution in [0.3, 0.4) is 0 Å². The zero-order valence-corrected chi connectivity index (χ0v) is 52.6. The molecule has 5 atom stereocenters. The molecule has 0 radical (unpaired) electrons. The van der Waals surface area contributed by atoms with Crippen molar-refractivity contribution in [3.05, 3.63) is 122 Å². The predicted octanol–water partition coefficient (Wildman–Crippen LogP) is 16.3. The van der Waals surface area contributed by atoms with Gasteiger partial charge in [-0.1, -0.05) is 200 Å². The minimum atomic E-state index is -4.93. The highest BCUT2D eigenvalue weighted by atomic mass is 31.2. The smallest absolute Gasteiger partial charge is 0.463 e. The molecular weight excluding hydrogens is 1100 g/mol. The van der Waals surface area contributed by atoms with Crippen LogP contribution in [0.4, 0.5) is 0 Å². The first-order chi connectivity index (χ1) is 40.2. The fourth-order valence-corrected chi connectivity index (χ4v) is 9.07. The molecule has 0 aromatic carbocycles. The van der Waals surface area contributed by atoms with Crippen molar-refractivity contribution in [1.29, 1.82) is 0 Å². The van der Waals surface area contributed by atoms with E-state index in [0.29, 0.717) is 25.7 Å². The molecule has 0 rings (SSSR count). The third kappa shape index (κ3) is 59.5. The largest absolute Gasteiger partial charge is 0.472 e. The van der Waals surface area contributed by atoms with Crippen LogP contribution in [-0.4, -0.2) is 95.9 Å². The summed E-state index contributed by atoms with van der Waals surface area (Å²) >= 11 is 0. The zero-order valence-electron chi connectivity index (χ0n) is 50.8. The Morgan fingerprint density at radius 2 is 0.663 bits per heavy atom. The van der Waals surface area contributed by atoms with Crippen molar-refractivity contribution in [2.45, 2.75) is 232 Å². The van der Waals surface area contributed by atoms with Gasteiger partial charge in [0.05, 0.1) is 26.4 Å². The average Bonchev–Trinajstić information content (AvgIpc) is 3.46. The second kappa shape index (κ2) is 58.3. The molecule has 4 N–H and O–H groups in total. The Balaban J connectivity index is 4.74. The Kier molecular flexibility index (Phi) is 55.5. The van der Waals surface area contributed by atoms with Gasteiger partial charge in [0.2, 0.25) is 0 Å². The first-order valence-electron chi connectivity index (χ1n) is 30.8. The molecule has 0 heterocycles. The lowest BCUT2D eigenvalue weighted by atomic mass is 10.1. The summed E-state index contributed by atoms with van der Waals surface area (Å²) in [6.45, 7) is 2.26. The van der Waals surface area contributed by atoms with E-state index in [1.165, 1.54) is 25.7 Å². The van der Waals surface area contributed by atoms with Gasteiger partial charge in [0.1, 0.15) is 25.4 Å². The first kappa shape index (κ1) is 79.0. The predicted molar refractivity (Wildman–Crippen MR) is 334 cm³/mol. The number of aliphatic hydroxyl groups is 2. The molecule has 0 spiro atoms. The van der Waals surface area contributed by atoms with Gasteiger partial charge in [0, 0.05) is 19.3 Å². The molecule has 0 bridgehead atoms. The molecule has 0 aliphatic heterocycles. The number of ether oxygens (including phenoxy) is 3. The molecule has 16 nitrogen and oxygen atoms in total. The van der Waals surface area contributed by atoms with Crippen LogP contribution >= 0.6 is 15.6 Å². The Bertz CT molecular complexity index is 2000. The summed E-state index contributed by atoms with van der Waals surface area (Å²) in [5, 5.41) is 20.5. The molecule has 18 heteroatoms. The van der Waals surface area contributed by atoms with Crippen molar-refractivity contribution in [1.82, 2.24) is 0 Å². The lowest BCUT2D eigenvalue weighted by Gasteiger charge is -2.21. The Morgan fingerprint density at radius 1 is 0.349 bits per heavy atom. The lowest BCUT2D eigenvalue weighted by Crippen LogP contribution is -2.30. The monoisotopic (exact) mass is 1210 g/mol. The minimum Gasteiger partial charge on any atom is -0.463 e. The minimum absolute atomic E-state index is 0.0569. The van der Waals surface area contributed by atoms with Crippen LogP contribution in [0.2, 0.25) is 0 Å². The van der Waals surface area contributed by atoms with Gasteiger partial charge < -0.3 is 34.2 Å². The fraction of sp³-hybridized carbons (Fsp3) is 0.646. The SMILES string of the molecule is CC/C=C\C/C=C\C/C=C\C/C=C\C/C=C\C/C=C\CCC(=O)OCC(O)COP(=O)(O)OCC(O)COP(=O)(O)OCC(COC(=O)CCCCCCC/C=C\C/C=C\C/C=C\CC)OC(=O)CCCCCCC/C=C\CCCCCC. The lowest BCUT2D eigenvalue weighted by molar-refractivity contribution is -0.161. The molecule has 0 saturated heterocycles. The average molecular weight is 1210 g/mol. The number of rotatable bonds is 57. The number of carbonyl (C=O) groups excluding carboxylic acids is 3. The van der Waals surface area contributed by atoms with Crippen LogP contribution in [0.25, 0.3) is 0 Å². The van der Waals surface area contributed by atoms with Gasteiger partial charge in [-0.25, -0.2) is 9.13 Å². The van der Waals surface area contributed by atoms with Crippen LogP contribution in [-0.2, 0) is 55.8 Å². The molecule has 474 valence electrons. The third-order valence-corrected chi connectivity index (χ3v) is 14.1. The number of phosphoric acid groups is 2. The van der Waals surface area contributed by atoms with Crippen LogP contribution in [0.5, 0.6) is 0 Å². The van der Waals surface area contributed by atoms with E-state index in [9.17, 15) is 43.5 Å². The van der Waals surface area contributed by atoms with Crippen molar-refractivity contribution in [3.63, 3.8) is 0 Å². The molecule has 0 fully saturated rings. The second-order valence-corrected chi connectivity index (χ2v) is 23.0. The molecule has 0 saturated carbocycles. The third-order valence-electron chi connectivity index (χ3n) is 12.2. The normalized spacial score (nSPS) is 15.2. The van der Waals surface area contributed by atoms with Gasteiger partial charge in [0.25, 0.3) is 0 Å². The number of phosphoric ester groups is 2. The maximum Gasteiger partial charge on any atom is 0.472 e. The van der Waals surface area contributed by atoms with Gasteiger partial charge in [-0.3, -0.25) is 32.5 Å². The standard InChI is InChI=1S/C65H108O16P2/c1-4-7-10-13-16-19-22-25-27-28-29-30-32-35-36-39-42-45-48-51-63(68)75-54-60(66)55-77-82(71,72)78-56-61(67)57-79-83(73,74)80-59-62(81-65(70)53-50-47-44-41-38-33-24-21-18-15-12-9-6-3)58-76-64(69)52-49-46-43-40-37-34-31-26-23-20-17-14-11-8-5-2/h7-8,10-11,16-17,19-21,24-27,29-31,35-36,42,45,60-62,66-67H,4-6,9,12-15,18,22-23,28,32-34,37-41,43-44,46-59H2,1-3H3,(H,71,72)(H,73,74)/b10-7-,11-8-,19-16-,20-17-,24-21-,27-25-,30-29-,31-26-,36-35-,45-42-. The highest BCUT2D eigenvalue weighted by molar-refractivity contribution is 7.47. The molecular formula is C65H108O16P2. The van der Waals surface area contributed by atoms with Crippen molar-refractivity contribution in [2.75, 3.05) is 39.6 Å². The van der Waals surface area contributed by atoms with E-state index < -0.39 is 91.5 Å². The van der Waals surface area contributed by atoms with Crippen LogP contribution in [0, 0.1) is 0 Å². The molecule has 0 aliphatic rings. The van der Waals surface area contributed by atoms with E-state index in [4.69, 9.17) is 32.3 Å². The van der Waals surface area contributed by atoms with E-state index in [-0.39, 0.29) is 19.3 Å². The highest BCUT2D eigenvalue weighted by Gasteiger charge is 2.29. The summed E-state index contributed by atoms with van der Waals surface area (Å²) in [7, 11) is -9.80. The van der Waals surface area contributed by atoms with Gasteiger partial charge in [-0.05, 0) is 116 Å². The summed E-state index contributed by atoms with van der Waals surface area (Å²) in [5.74, 6) is -1.70. The van der Waals surface area contributed by atoms with Gasteiger partial charge in [0.15, 0.2) is 6.10 Å². The van der Waals surface area contributed by atoms with E-state index in [0.717, 1.165) is 122 Å². The summed E-state index contributed by atoms with van der Waals surface area (Å²) in [6.07, 6.45) is 64.2. The van der Waals surface area contributed by atoms with Crippen LogP contribution in [0.15, 0.2) is 122 Å². The molecule has 0 aromatic rings. The zero-order chi connectivity index (χ0) is 61.0. The highest BCUT2D eigenvalue weighted by Crippen LogP contribution is 2.45. The maximum atomic E-state index is 12.9. The van der Waals surface area contributed by atoms with Crippen LogP contribution in [0.1, 0.15) is 213 Å².